The lowest BCUT2D eigenvalue weighted by molar-refractivity contribution is -0.137. The number of ether oxygens (including phenoxy) is 1. The van der Waals surface area contributed by atoms with E-state index >= 15 is 0 Å². The molecule has 1 N–H and O–H groups in total. The van der Waals surface area contributed by atoms with Crippen LogP contribution in [0.4, 0.5) is 17.6 Å². The topological polar surface area (TPSA) is 64.1 Å². The molecule has 0 atom stereocenters. The van der Waals surface area contributed by atoms with Crippen LogP contribution in [0.25, 0.3) is 11.3 Å². The third-order valence-corrected chi connectivity index (χ3v) is 4.46. The van der Waals surface area contributed by atoms with Gasteiger partial charge in [-0.05, 0) is 49.2 Å². The van der Waals surface area contributed by atoms with Gasteiger partial charge in [-0.1, -0.05) is 12.1 Å². The van der Waals surface area contributed by atoms with E-state index in [1.165, 1.54) is 4.68 Å². The van der Waals surface area contributed by atoms with Crippen molar-refractivity contribution in [3.63, 3.8) is 0 Å². The van der Waals surface area contributed by atoms with Crippen molar-refractivity contribution < 1.29 is 27.1 Å². The van der Waals surface area contributed by atoms with Crippen LogP contribution in [0.1, 0.15) is 28.4 Å². The number of aromatic amines is 1. The fourth-order valence-electron chi connectivity index (χ4n) is 2.91. The lowest BCUT2D eigenvalue weighted by Crippen LogP contribution is -2.17. The van der Waals surface area contributed by atoms with E-state index in [1.54, 1.807) is 31.2 Å². The normalized spacial score (nSPS) is 11.5. The van der Waals surface area contributed by atoms with Crippen molar-refractivity contribution in [1.29, 1.82) is 0 Å². The average molecular weight is 422 g/mol. The van der Waals surface area contributed by atoms with E-state index in [-0.39, 0.29) is 24.4 Å². The first-order valence-corrected chi connectivity index (χ1v) is 9.12. The van der Waals surface area contributed by atoms with E-state index < -0.39 is 29.1 Å². The number of nitrogens with zero attached hydrogens (tertiary/aromatic N) is 1. The van der Waals surface area contributed by atoms with Gasteiger partial charge in [0.05, 0.1) is 23.4 Å². The molecule has 5 nitrogen and oxygen atoms in total. The molecule has 3 aromatic rings. The van der Waals surface area contributed by atoms with Crippen LogP contribution in [0.5, 0.6) is 0 Å². The first-order chi connectivity index (χ1) is 14.2. The third-order valence-electron chi connectivity index (χ3n) is 4.46. The van der Waals surface area contributed by atoms with Crippen LogP contribution < -0.4 is 5.56 Å². The van der Waals surface area contributed by atoms with Crippen molar-refractivity contribution in [2.45, 2.75) is 26.1 Å². The highest BCUT2D eigenvalue weighted by Crippen LogP contribution is 2.32. The number of hydrogen-bond acceptors (Lipinski definition) is 3. The molecule has 0 aliphatic rings. The Bertz CT molecular complexity index is 1100. The van der Waals surface area contributed by atoms with Gasteiger partial charge in [0.2, 0.25) is 0 Å². The summed E-state index contributed by atoms with van der Waals surface area (Å²) >= 11 is 0. The Balaban J connectivity index is 1.76. The Morgan fingerprint density at radius 2 is 1.80 bits per heavy atom. The lowest BCUT2D eigenvalue weighted by atomic mass is 10.1. The van der Waals surface area contributed by atoms with Gasteiger partial charge in [0.15, 0.2) is 0 Å². The standard InChI is InChI=1S/C21H18F4N2O3/c1-2-30-20(29)14-5-3-13(4-6-14)9-10-27-19(28)12-18(26-27)16-11-15(21(23,24)25)7-8-17(16)22/h3-8,11-12,26H,2,9-10H2,1H3. The van der Waals surface area contributed by atoms with Gasteiger partial charge in [-0.25, -0.2) is 9.18 Å². The molecule has 0 aliphatic carbocycles. The fourth-order valence-corrected chi connectivity index (χ4v) is 2.91. The molecule has 0 amide bonds. The molecule has 0 saturated heterocycles. The minimum Gasteiger partial charge on any atom is -0.462 e. The Morgan fingerprint density at radius 3 is 2.43 bits per heavy atom. The van der Waals surface area contributed by atoms with Gasteiger partial charge in [0.1, 0.15) is 5.82 Å². The minimum atomic E-state index is -4.62. The zero-order valence-electron chi connectivity index (χ0n) is 15.9. The molecular formula is C21H18F4N2O3. The zero-order chi connectivity index (χ0) is 21.9. The maximum atomic E-state index is 14.1. The predicted octanol–water partition coefficient (Wildman–Crippen LogP) is 4.42. The molecule has 0 unspecified atom stereocenters. The molecule has 0 radical (unpaired) electrons. The molecule has 0 spiro atoms. The number of alkyl halides is 3. The van der Waals surface area contributed by atoms with Crippen molar-refractivity contribution in [1.82, 2.24) is 9.78 Å². The number of nitrogens with one attached hydrogen (secondary N) is 1. The summed E-state index contributed by atoms with van der Waals surface area (Å²) in [6, 6.07) is 9.73. The van der Waals surface area contributed by atoms with Crippen molar-refractivity contribution in [3.8, 4) is 11.3 Å². The van der Waals surface area contributed by atoms with Gasteiger partial charge in [-0.3, -0.25) is 14.6 Å². The van der Waals surface area contributed by atoms with Crippen molar-refractivity contribution >= 4 is 5.97 Å². The lowest BCUT2D eigenvalue weighted by Gasteiger charge is -2.09. The Kier molecular flexibility index (Phi) is 6.09. The van der Waals surface area contributed by atoms with E-state index in [0.717, 1.165) is 17.7 Å². The first-order valence-electron chi connectivity index (χ1n) is 9.12. The summed E-state index contributed by atoms with van der Waals surface area (Å²) in [6.07, 6.45) is -4.21. The predicted molar refractivity (Wildman–Crippen MR) is 102 cm³/mol. The molecule has 0 bridgehead atoms. The van der Waals surface area contributed by atoms with Gasteiger partial charge in [0.25, 0.3) is 5.56 Å². The number of rotatable bonds is 6. The van der Waals surface area contributed by atoms with E-state index in [2.05, 4.69) is 5.10 Å². The molecule has 3 rings (SSSR count). The maximum Gasteiger partial charge on any atom is 0.416 e. The molecule has 0 saturated carbocycles. The molecule has 0 aliphatic heterocycles. The third kappa shape index (κ3) is 4.79. The van der Waals surface area contributed by atoms with Gasteiger partial charge >= 0.3 is 12.1 Å². The van der Waals surface area contributed by atoms with E-state index in [0.29, 0.717) is 24.1 Å². The molecule has 158 valence electrons. The second-order valence-corrected chi connectivity index (χ2v) is 6.52. The molecule has 2 aromatic carbocycles. The summed E-state index contributed by atoms with van der Waals surface area (Å²) in [5.74, 6) is -1.30. The highest BCUT2D eigenvalue weighted by atomic mass is 19.4. The number of esters is 1. The molecular weight excluding hydrogens is 404 g/mol. The highest BCUT2D eigenvalue weighted by Gasteiger charge is 2.31. The largest absolute Gasteiger partial charge is 0.462 e. The van der Waals surface area contributed by atoms with Crippen LogP contribution >= 0.6 is 0 Å². The van der Waals surface area contributed by atoms with Gasteiger partial charge in [-0.15, -0.1) is 0 Å². The number of benzene rings is 2. The van der Waals surface area contributed by atoms with Crippen LogP contribution in [0, 0.1) is 5.82 Å². The molecule has 0 fully saturated rings. The van der Waals surface area contributed by atoms with E-state index in [1.807, 2.05) is 0 Å². The van der Waals surface area contributed by atoms with Crippen LogP contribution in [0.2, 0.25) is 0 Å². The number of carbonyl (C=O) groups is 1. The summed E-state index contributed by atoms with van der Waals surface area (Å²) in [5.41, 5.74) is -0.642. The number of H-pyrrole nitrogens is 1. The summed E-state index contributed by atoms with van der Waals surface area (Å²) in [6.45, 7) is 2.17. The SMILES string of the molecule is CCOC(=O)c1ccc(CCn2[nH]c(-c3cc(C(F)(F)F)ccc3F)cc2=O)cc1. The van der Waals surface area contributed by atoms with Gasteiger partial charge < -0.3 is 4.74 Å². The quantitative estimate of drug-likeness (QED) is 0.473. The van der Waals surface area contributed by atoms with Gasteiger partial charge in [-0.2, -0.15) is 13.2 Å². The molecule has 30 heavy (non-hydrogen) atoms. The van der Waals surface area contributed by atoms with Crippen LogP contribution in [-0.2, 0) is 23.9 Å². The summed E-state index contributed by atoms with van der Waals surface area (Å²) in [4.78, 5) is 23.8. The second-order valence-electron chi connectivity index (χ2n) is 6.52. The number of aromatic nitrogens is 2. The van der Waals surface area contributed by atoms with E-state index in [9.17, 15) is 27.2 Å². The maximum absolute atomic E-state index is 14.1. The summed E-state index contributed by atoms with van der Waals surface area (Å²) in [5, 5.41) is 2.66. The Hall–Kier alpha value is -3.36. The molecule has 9 heteroatoms. The monoisotopic (exact) mass is 422 g/mol. The van der Waals surface area contributed by atoms with Crippen molar-refractivity contribution in [2.24, 2.45) is 0 Å². The molecule has 1 heterocycles. The van der Waals surface area contributed by atoms with Crippen LogP contribution in [0.15, 0.2) is 53.3 Å². The van der Waals surface area contributed by atoms with Crippen LogP contribution in [0.3, 0.4) is 0 Å². The minimum absolute atomic E-state index is 0.0405. The van der Waals surface area contributed by atoms with Crippen LogP contribution in [-0.4, -0.2) is 22.4 Å². The van der Waals surface area contributed by atoms with Gasteiger partial charge in [0, 0.05) is 18.2 Å². The summed E-state index contributed by atoms with van der Waals surface area (Å²) in [7, 11) is 0. The van der Waals surface area contributed by atoms with E-state index in [4.69, 9.17) is 4.74 Å². The second kappa shape index (κ2) is 8.56. The number of carbonyl (C=O) groups excluding carboxylic acids is 1. The van der Waals surface area contributed by atoms with Crippen molar-refractivity contribution in [3.05, 3.63) is 81.4 Å². The smallest absolute Gasteiger partial charge is 0.416 e. The average Bonchev–Trinajstić information content (AvgIpc) is 3.06. The molecule has 1 aromatic heterocycles. The Labute approximate surface area is 168 Å². The number of hydrogen-bond donors (Lipinski definition) is 1. The fraction of sp³-hybridized carbons (Fsp3) is 0.238. The first kappa shape index (κ1) is 21.4. The Morgan fingerprint density at radius 1 is 1.10 bits per heavy atom. The number of halogens is 4. The summed E-state index contributed by atoms with van der Waals surface area (Å²) < 4.78 is 58.9. The van der Waals surface area contributed by atoms with Crippen molar-refractivity contribution in [2.75, 3.05) is 6.61 Å². The highest BCUT2D eigenvalue weighted by molar-refractivity contribution is 5.89. The number of aryl methyl sites for hydroxylation is 2. The zero-order valence-corrected chi connectivity index (χ0v) is 15.9.